The normalized spacial score (nSPS) is 19.8. The number of aromatic amines is 1. The number of carboxylic acids is 1. The van der Waals surface area contributed by atoms with E-state index in [1.54, 1.807) is 16.1 Å². The van der Waals surface area contributed by atoms with Crippen molar-refractivity contribution in [1.82, 2.24) is 14.9 Å². The van der Waals surface area contributed by atoms with Crippen LogP contribution in [0.3, 0.4) is 0 Å². The zero-order valence-electron chi connectivity index (χ0n) is 13.1. The monoisotopic (exact) mass is 326 g/mol. The summed E-state index contributed by atoms with van der Waals surface area (Å²) in [5.41, 5.74) is 3.77. The van der Waals surface area contributed by atoms with E-state index in [9.17, 15) is 14.7 Å². The number of carbonyl (C=O) groups is 2. The minimum absolute atomic E-state index is 0.0610. The molecule has 2 aliphatic heterocycles. The molecule has 124 valence electrons. The van der Waals surface area contributed by atoms with E-state index in [0.29, 0.717) is 19.5 Å². The first kappa shape index (κ1) is 14.9. The zero-order chi connectivity index (χ0) is 16.7. The maximum atomic E-state index is 12.8. The number of fused-ring (bicyclic) bond motifs is 2. The predicted octanol–water partition coefficient (Wildman–Crippen LogP) is 0.810. The van der Waals surface area contributed by atoms with Gasteiger partial charge in [0.2, 0.25) is 5.91 Å². The molecular formula is C17H18N4O3. The van der Waals surface area contributed by atoms with Crippen LogP contribution in [0.4, 0.5) is 5.69 Å². The molecule has 0 radical (unpaired) electrons. The third kappa shape index (κ3) is 2.46. The van der Waals surface area contributed by atoms with Gasteiger partial charge in [-0.25, -0.2) is 4.98 Å². The van der Waals surface area contributed by atoms with Gasteiger partial charge in [0.05, 0.1) is 24.3 Å². The van der Waals surface area contributed by atoms with Gasteiger partial charge in [-0.1, -0.05) is 18.2 Å². The van der Waals surface area contributed by atoms with Crippen LogP contribution in [0.1, 0.15) is 17.0 Å². The molecule has 1 atom stereocenters. The topological polar surface area (TPSA) is 89.5 Å². The van der Waals surface area contributed by atoms with Crippen molar-refractivity contribution in [2.75, 3.05) is 18.0 Å². The Morgan fingerprint density at radius 1 is 1.33 bits per heavy atom. The van der Waals surface area contributed by atoms with Crippen molar-refractivity contribution < 1.29 is 14.7 Å². The fourth-order valence-corrected chi connectivity index (χ4v) is 3.55. The van der Waals surface area contributed by atoms with Gasteiger partial charge in [0, 0.05) is 25.2 Å². The van der Waals surface area contributed by atoms with Crippen molar-refractivity contribution in [3.05, 3.63) is 47.5 Å². The molecule has 1 amide bonds. The van der Waals surface area contributed by atoms with Gasteiger partial charge < -0.3 is 15.0 Å². The minimum atomic E-state index is -0.918. The Kier molecular flexibility index (Phi) is 3.57. The van der Waals surface area contributed by atoms with E-state index >= 15 is 0 Å². The lowest BCUT2D eigenvalue weighted by molar-refractivity contribution is -0.144. The van der Waals surface area contributed by atoms with Gasteiger partial charge in [0.15, 0.2) is 0 Å². The molecule has 7 heteroatoms. The van der Waals surface area contributed by atoms with Gasteiger partial charge in [-0.05, 0) is 18.1 Å². The zero-order valence-corrected chi connectivity index (χ0v) is 13.1. The van der Waals surface area contributed by atoms with Crippen LogP contribution >= 0.6 is 0 Å². The molecule has 2 aromatic rings. The molecule has 24 heavy (non-hydrogen) atoms. The predicted molar refractivity (Wildman–Crippen MR) is 86.6 cm³/mol. The number of carboxylic acid groups (broad SMARTS) is 1. The van der Waals surface area contributed by atoms with E-state index in [4.69, 9.17) is 0 Å². The number of para-hydroxylation sites is 1. The number of hydrogen-bond acceptors (Lipinski definition) is 4. The van der Waals surface area contributed by atoms with Crippen LogP contribution in [0.5, 0.6) is 0 Å². The van der Waals surface area contributed by atoms with Gasteiger partial charge in [0.1, 0.15) is 6.04 Å². The van der Waals surface area contributed by atoms with Crippen molar-refractivity contribution in [3.63, 3.8) is 0 Å². The molecule has 0 fully saturated rings. The van der Waals surface area contributed by atoms with Gasteiger partial charge in [-0.15, -0.1) is 0 Å². The van der Waals surface area contributed by atoms with Crippen molar-refractivity contribution in [3.8, 4) is 0 Å². The number of anilines is 1. The SMILES string of the molecule is O=C(O)C1Cc2nc[nH]c2CN1CC(=O)N1CCc2ccccc21. The van der Waals surface area contributed by atoms with Crippen LogP contribution in [0, 0.1) is 0 Å². The lowest BCUT2D eigenvalue weighted by atomic mass is 10.0. The largest absolute Gasteiger partial charge is 0.480 e. The number of aliphatic carboxylic acids is 1. The number of nitrogens with zero attached hydrogens (tertiary/aromatic N) is 3. The second kappa shape index (κ2) is 5.76. The van der Waals surface area contributed by atoms with Gasteiger partial charge in [-0.3, -0.25) is 14.5 Å². The van der Waals surface area contributed by atoms with Crippen molar-refractivity contribution in [2.24, 2.45) is 0 Å². The number of rotatable bonds is 3. The van der Waals surface area contributed by atoms with Crippen LogP contribution in [0.2, 0.25) is 0 Å². The number of aromatic nitrogens is 2. The van der Waals surface area contributed by atoms with E-state index in [1.807, 2.05) is 24.3 Å². The Labute approximate surface area is 138 Å². The summed E-state index contributed by atoms with van der Waals surface area (Å²) in [6.07, 6.45) is 2.73. The van der Waals surface area contributed by atoms with E-state index in [2.05, 4.69) is 9.97 Å². The number of nitrogens with one attached hydrogen (secondary N) is 1. The summed E-state index contributed by atoms with van der Waals surface area (Å²) in [4.78, 5) is 35.0. The fraction of sp³-hybridized carbons (Fsp3) is 0.353. The second-order valence-corrected chi connectivity index (χ2v) is 6.22. The Balaban J connectivity index is 1.54. The summed E-state index contributed by atoms with van der Waals surface area (Å²) in [7, 11) is 0. The highest BCUT2D eigenvalue weighted by molar-refractivity contribution is 5.97. The Bertz CT molecular complexity index is 801. The van der Waals surface area contributed by atoms with Crippen LogP contribution in [0.25, 0.3) is 0 Å². The molecule has 2 aliphatic rings. The molecular weight excluding hydrogens is 308 g/mol. The van der Waals surface area contributed by atoms with Gasteiger partial charge >= 0.3 is 5.97 Å². The Hall–Kier alpha value is -2.67. The van der Waals surface area contributed by atoms with Crippen molar-refractivity contribution >= 4 is 17.6 Å². The fourth-order valence-electron chi connectivity index (χ4n) is 3.55. The maximum Gasteiger partial charge on any atom is 0.321 e. The number of H-pyrrole nitrogens is 1. The summed E-state index contributed by atoms with van der Waals surface area (Å²) in [5.74, 6) is -0.979. The highest BCUT2D eigenvalue weighted by Crippen LogP contribution is 2.28. The molecule has 1 aromatic carbocycles. The molecule has 4 rings (SSSR count). The van der Waals surface area contributed by atoms with Crippen molar-refractivity contribution in [2.45, 2.75) is 25.4 Å². The molecule has 0 saturated carbocycles. The average molecular weight is 326 g/mol. The summed E-state index contributed by atoms with van der Waals surface area (Å²) < 4.78 is 0. The number of hydrogen-bond donors (Lipinski definition) is 2. The first-order valence-corrected chi connectivity index (χ1v) is 7.99. The molecule has 0 spiro atoms. The number of carbonyl (C=O) groups excluding carboxylic acids is 1. The maximum absolute atomic E-state index is 12.8. The van der Waals surface area contributed by atoms with Crippen LogP contribution in [-0.2, 0) is 29.0 Å². The minimum Gasteiger partial charge on any atom is -0.480 e. The Morgan fingerprint density at radius 2 is 2.17 bits per heavy atom. The molecule has 0 bridgehead atoms. The van der Waals surface area contributed by atoms with Gasteiger partial charge in [-0.2, -0.15) is 0 Å². The smallest absolute Gasteiger partial charge is 0.321 e. The summed E-state index contributed by atoms with van der Waals surface area (Å²) in [6.45, 7) is 1.14. The number of amides is 1. The highest BCUT2D eigenvalue weighted by Gasteiger charge is 2.35. The lowest BCUT2D eigenvalue weighted by Crippen LogP contribution is -2.50. The van der Waals surface area contributed by atoms with E-state index in [0.717, 1.165) is 29.1 Å². The molecule has 1 unspecified atom stereocenters. The molecule has 3 heterocycles. The molecule has 7 nitrogen and oxygen atoms in total. The van der Waals surface area contributed by atoms with E-state index in [1.165, 1.54) is 0 Å². The summed E-state index contributed by atoms with van der Waals surface area (Å²) in [5, 5.41) is 9.50. The second-order valence-electron chi connectivity index (χ2n) is 6.22. The van der Waals surface area contributed by atoms with Crippen molar-refractivity contribution in [1.29, 1.82) is 0 Å². The molecule has 0 saturated heterocycles. The average Bonchev–Trinajstić information content (AvgIpc) is 3.20. The third-order valence-corrected chi connectivity index (χ3v) is 4.81. The van der Waals surface area contributed by atoms with Crippen LogP contribution in [0.15, 0.2) is 30.6 Å². The highest BCUT2D eigenvalue weighted by atomic mass is 16.4. The number of benzene rings is 1. The van der Waals surface area contributed by atoms with Gasteiger partial charge in [0.25, 0.3) is 0 Å². The van der Waals surface area contributed by atoms with E-state index in [-0.39, 0.29) is 12.5 Å². The first-order chi connectivity index (χ1) is 11.6. The quantitative estimate of drug-likeness (QED) is 0.871. The third-order valence-electron chi connectivity index (χ3n) is 4.81. The molecule has 1 aromatic heterocycles. The Morgan fingerprint density at radius 3 is 3.00 bits per heavy atom. The molecule has 2 N–H and O–H groups in total. The standard InChI is InChI=1S/C17H18N4O3/c22-16(21-6-5-11-3-1-2-4-14(11)21)9-20-8-13-12(18-10-19-13)7-15(20)17(23)24/h1-4,10,15H,5-9H2,(H,18,19)(H,23,24). The summed E-state index contributed by atoms with van der Waals surface area (Å²) in [6, 6.07) is 7.14. The van der Waals surface area contributed by atoms with Crippen LogP contribution < -0.4 is 4.90 Å². The number of imidazole rings is 1. The van der Waals surface area contributed by atoms with E-state index < -0.39 is 12.0 Å². The van der Waals surface area contributed by atoms with Crippen LogP contribution in [-0.4, -0.2) is 51.0 Å². The summed E-state index contributed by atoms with van der Waals surface area (Å²) >= 11 is 0. The first-order valence-electron chi connectivity index (χ1n) is 7.99. The molecule has 0 aliphatic carbocycles. The lowest BCUT2D eigenvalue weighted by Gasteiger charge is -2.32.